The minimum absolute atomic E-state index is 0.316. The summed E-state index contributed by atoms with van der Waals surface area (Å²) in [6, 6.07) is 7.27. The van der Waals surface area contributed by atoms with Crippen LogP contribution in [-0.2, 0) is 6.61 Å². The predicted octanol–water partition coefficient (Wildman–Crippen LogP) is 3.26. The normalized spacial score (nSPS) is 10.2. The van der Waals surface area contributed by atoms with Crippen molar-refractivity contribution in [2.45, 2.75) is 13.5 Å². The fraction of sp³-hybridized carbons (Fsp3) is 0.143. The highest BCUT2D eigenvalue weighted by atomic mass is 35.5. The second kappa shape index (κ2) is 5.99. The standard InChI is InChI=1S/C14H13ClN2OS/c1-9-4-10(7-17-6-9)8-18-13-3-2-11(14(16)19)5-12(13)15/h2-7H,8H2,1H3,(H2,16,19). The van der Waals surface area contributed by atoms with E-state index in [4.69, 9.17) is 34.3 Å². The molecule has 0 unspecified atom stereocenters. The fourth-order valence-electron chi connectivity index (χ4n) is 1.63. The van der Waals surface area contributed by atoms with Gasteiger partial charge in [-0.2, -0.15) is 0 Å². The Morgan fingerprint density at radius 3 is 2.79 bits per heavy atom. The van der Waals surface area contributed by atoms with Gasteiger partial charge in [-0.1, -0.05) is 23.8 Å². The van der Waals surface area contributed by atoms with Crippen molar-refractivity contribution in [2.75, 3.05) is 0 Å². The van der Waals surface area contributed by atoms with Gasteiger partial charge >= 0.3 is 0 Å². The van der Waals surface area contributed by atoms with Gasteiger partial charge < -0.3 is 10.5 Å². The molecule has 5 heteroatoms. The number of hydrogen-bond donors (Lipinski definition) is 1. The molecule has 2 aromatic rings. The molecule has 2 rings (SSSR count). The zero-order chi connectivity index (χ0) is 13.8. The molecule has 0 bridgehead atoms. The van der Waals surface area contributed by atoms with E-state index >= 15 is 0 Å². The highest BCUT2D eigenvalue weighted by Gasteiger charge is 2.05. The molecular formula is C14H13ClN2OS. The summed E-state index contributed by atoms with van der Waals surface area (Å²) in [7, 11) is 0. The first-order chi connectivity index (χ1) is 9.06. The van der Waals surface area contributed by atoms with Crippen LogP contribution in [0, 0.1) is 6.92 Å². The number of nitrogens with zero attached hydrogens (tertiary/aromatic N) is 1. The Morgan fingerprint density at radius 1 is 1.37 bits per heavy atom. The van der Waals surface area contributed by atoms with Crippen LogP contribution in [0.2, 0.25) is 5.02 Å². The van der Waals surface area contributed by atoms with E-state index in [0.29, 0.717) is 22.4 Å². The highest BCUT2D eigenvalue weighted by molar-refractivity contribution is 7.80. The molecule has 19 heavy (non-hydrogen) atoms. The fourth-order valence-corrected chi connectivity index (χ4v) is 1.99. The summed E-state index contributed by atoms with van der Waals surface area (Å²) in [5.41, 5.74) is 8.35. The summed E-state index contributed by atoms with van der Waals surface area (Å²) in [6.07, 6.45) is 3.57. The molecular weight excluding hydrogens is 280 g/mol. The maximum atomic E-state index is 6.12. The topological polar surface area (TPSA) is 48.1 Å². The number of thiocarbonyl (C=S) groups is 1. The Bertz CT molecular complexity index is 616. The molecule has 0 fully saturated rings. The minimum Gasteiger partial charge on any atom is -0.487 e. The third kappa shape index (κ3) is 3.66. The van der Waals surface area contributed by atoms with Crippen molar-refractivity contribution in [3.8, 4) is 5.75 Å². The van der Waals surface area contributed by atoms with E-state index in [2.05, 4.69) is 4.98 Å². The SMILES string of the molecule is Cc1cncc(COc2ccc(C(N)=S)cc2Cl)c1. The van der Waals surface area contributed by atoms with E-state index in [9.17, 15) is 0 Å². The third-order valence-electron chi connectivity index (χ3n) is 2.54. The lowest BCUT2D eigenvalue weighted by Crippen LogP contribution is -2.09. The maximum absolute atomic E-state index is 6.12. The smallest absolute Gasteiger partial charge is 0.138 e. The van der Waals surface area contributed by atoms with Crippen molar-refractivity contribution in [1.29, 1.82) is 0 Å². The molecule has 1 aromatic carbocycles. The van der Waals surface area contributed by atoms with E-state index < -0.39 is 0 Å². The Hall–Kier alpha value is -1.65. The number of hydrogen-bond acceptors (Lipinski definition) is 3. The summed E-state index contributed by atoms with van der Waals surface area (Å²) < 4.78 is 5.66. The van der Waals surface area contributed by atoms with E-state index in [-0.39, 0.29) is 0 Å². The van der Waals surface area contributed by atoms with Crippen LogP contribution >= 0.6 is 23.8 Å². The largest absolute Gasteiger partial charge is 0.487 e. The number of pyridine rings is 1. The molecule has 3 nitrogen and oxygen atoms in total. The first-order valence-electron chi connectivity index (χ1n) is 5.69. The molecule has 0 saturated carbocycles. The minimum atomic E-state index is 0.316. The number of ether oxygens (including phenoxy) is 1. The van der Waals surface area contributed by atoms with Gasteiger partial charge in [-0.15, -0.1) is 0 Å². The molecule has 1 heterocycles. The van der Waals surface area contributed by atoms with E-state index in [0.717, 1.165) is 16.7 Å². The lowest BCUT2D eigenvalue weighted by molar-refractivity contribution is 0.306. The second-order valence-corrected chi connectivity index (χ2v) is 5.02. The number of nitrogens with two attached hydrogens (primary N) is 1. The Labute approximate surface area is 122 Å². The van der Waals surface area contributed by atoms with Gasteiger partial charge in [0.15, 0.2) is 0 Å². The van der Waals surface area contributed by atoms with Gasteiger partial charge in [0.2, 0.25) is 0 Å². The first kappa shape index (κ1) is 13.8. The number of aromatic nitrogens is 1. The Morgan fingerprint density at radius 2 is 2.16 bits per heavy atom. The monoisotopic (exact) mass is 292 g/mol. The zero-order valence-corrected chi connectivity index (χ0v) is 12.0. The first-order valence-corrected chi connectivity index (χ1v) is 6.47. The van der Waals surface area contributed by atoms with Gasteiger partial charge in [-0.05, 0) is 36.8 Å². The van der Waals surface area contributed by atoms with Crippen molar-refractivity contribution in [2.24, 2.45) is 5.73 Å². The van der Waals surface area contributed by atoms with Gasteiger partial charge in [0, 0.05) is 23.5 Å². The molecule has 0 saturated heterocycles. The summed E-state index contributed by atoms with van der Waals surface area (Å²) in [6.45, 7) is 2.40. The van der Waals surface area contributed by atoms with E-state index in [1.165, 1.54) is 0 Å². The van der Waals surface area contributed by atoms with Gasteiger partial charge in [0.1, 0.15) is 17.3 Å². The molecule has 2 N–H and O–H groups in total. The summed E-state index contributed by atoms with van der Waals surface area (Å²) in [5, 5.41) is 0.492. The molecule has 1 aromatic heterocycles. The number of halogens is 1. The average Bonchev–Trinajstić information content (AvgIpc) is 2.37. The lowest BCUT2D eigenvalue weighted by Gasteiger charge is -2.09. The summed E-state index contributed by atoms with van der Waals surface area (Å²) >= 11 is 11.0. The van der Waals surface area contributed by atoms with Crippen molar-refractivity contribution in [3.05, 3.63) is 58.4 Å². The Kier molecular flexibility index (Phi) is 4.35. The van der Waals surface area contributed by atoms with Gasteiger partial charge in [-0.3, -0.25) is 4.98 Å². The third-order valence-corrected chi connectivity index (χ3v) is 3.07. The lowest BCUT2D eigenvalue weighted by atomic mass is 10.2. The summed E-state index contributed by atoms with van der Waals surface area (Å²) in [5.74, 6) is 0.600. The quantitative estimate of drug-likeness (QED) is 0.879. The van der Waals surface area contributed by atoms with Crippen molar-refractivity contribution in [1.82, 2.24) is 4.98 Å². The molecule has 0 atom stereocenters. The van der Waals surface area contributed by atoms with Crippen molar-refractivity contribution >= 4 is 28.8 Å². The van der Waals surface area contributed by atoms with Gasteiger partial charge in [0.05, 0.1) is 5.02 Å². The van der Waals surface area contributed by atoms with E-state index in [1.54, 1.807) is 30.6 Å². The zero-order valence-electron chi connectivity index (χ0n) is 10.4. The molecule has 0 aliphatic heterocycles. The average molecular weight is 293 g/mol. The van der Waals surface area contributed by atoms with Crippen LogP contribution in [-0.4, -0.2) is 9.97 Å². The Balaban J connectivity index is 2.10. The number of benzene rings is 1. The maximum Gasteiger partial charge on any atom is 0.138 e. The molecule has 0 aliphatic rings. The van der Waals surface area contributed by atoms with Gasteiger partial charge in [0.25, 0.3) is 0 Å². The molecule has 0 amide bonds. The second-order valence-electron chi connectivity index (χ2n) is 4.17. The van der Waals surface area contributed by atoms with Crippen molar-refractivity contribution in [3.63, 3.8) is 0 Å². The van der Waals surface area contributed by atoms with Crippen LogP contribution in [0.5, 0.6) is 5.75 Å². The molecule has 0 spiro atoms. The molecule has 0 aliphatic carbocycles. The van der Waals surface area contributed by atoms with E-state index in [1.807, 2.05) is 13.0 Å². The van der Waals surface area contributed by atoms with Gasteiger partial charge in [-0.25, -0.2) is 0 Å². The van der Waals surface area contributed by atoms with Crippen LogP contribution in [0.4, 0.5) is 0 Å². The van der Waals surface area contributed by atoms with Crippen LogP contribution in [0.3, 0.4) is 0 Å². The predicted molar refractivity (Wildman–Crippen MR) is 80.6 cm³/mol. The number of aryl methyl sites for hydroxylation is 1. The van der Waals surface area contributed by atoms with Crippen LogP contribution < -0.4 is 10.5 Å². The molecule has 0 radical (unpaired) electrons. The van der Waals surface area contributed by atoms with Crippen molar-refractivity contribution < 1.29 is 4.74 Å². The molecule has 98 valence electrons. The van der Waals surface area contributed by atoms with Crippen LogP contribution in [0.15, 0.2) is 36.7 Å². The summed E-state index contributed by atoms with van der Waals surface area (Å²) in [4.78, 5) is 4.43. The van der Waals surface area contributed by atoms with Crippen LogP contribution in [0.1, 0.15) is 16.7 Å². The van der Waals surface area contributed by atoms with Crippen LogP contribution in [0.25, 0.3) is 0 Å². The number of rotatable bonds is 4. The highest BCUT2D eigenvalue weighted by Crippen LogP contribution is 2.26.